The van der Waals surface area contributed by atoms with Crippen molar-refractivity contribution < 1.29 is 14.3 Å². The molecule has 1 aromatic heterocycles. The predicted octanol–water partition coefficient (Wildman–Crippen LogP) is 3.63. The topological polar surface area (TPSA) is 48.3 Å². The maximum absolute atomic E-state index is 12.4. The van der Waals surface area contributed by atoms with E-state index < -0.39 is 0 Å². The first-order chi connectivity index (χ1) is 10.3. The molecular weight excluding hydrogens is 298 g/mol. The minimum atomic E-state index is -0.321. The van der Waals surface area contributed by atoms with Gasteiger partial charge in [-0.25, -0.2) is 0 Å². The zero-order chi connectivity index (χ0) is 16.9. The quantitative estimate of drug-likeness (QED) is 0.541. The van der Waals surface area contributed by atoms with Crippen molar-refractivity contribution in [3.05, 3.63) is 23.0 Å². The van der Waals surface area contributed by atoms with Crippen molar-refractivity contribution in [2.24, 2.45) is 5.92 Å². The lowest BCUT2D eigenvalue weighted by molar-refractivity contribution is -0.139. The van der Waals surface area contributed by atoms with Crippen molar-refractivity contribution in [2.45, 2.75) is 52.8 Å². The number of thioether (sulfide) groups is 1. The highest BCUT2D eigenvalue weighted by atomic mass is 32.2. The van der Waals surface area contributed by atoms with Gasteiger partial charge in [0.05, 0.1) is 12.9 Å². The van der Waals surface area contributed by atoms with Gasteiger partial charge in [0.1, 0.15) is 5.25 Å². The molecule has 5 heteroatoms. The summed E-state index contributed by atoms with van der Waals surface area (Å²) in [7, 11) is 1.36. The Hall–Kier alpha value is -1.23. The van der Waals surface area contributed by atoms with E-state index in [1.807, 2.05) is 19.9 Å². The molecule has 0 aliphatic carbocycles. The molecule has 0 aliphatic rings. The van der Waals surface area contributed by atoms with E-state index in [-0.39, 0.29) is 17.0 Å². The Balaban J connectivity index is 2.74. The average molecular weight is 325 g/mol. The fourth-order valence-corrected chi connectivity index (χ4v) is 3.12. The van der Waals surface area contributed by atoms with Crippen LogP contribution in [0.2, 0.25) is 0 Å². The molecule has 0 fully saturated rings. The molecule has 1 unspecified atom stereocenters. The smallest absolute Gasteiger partial charge is 0.318 e. The lowest BCUT2D eigenvalue weighted by atomic mass is 10.1. The van der Waals surface area contributed by atoms with E-state index in [9.17, 15) is 9.59 Å². The highest BCUT2D eigenvalue weighted by molar-refractivity contribution is 8.01. The zero-order valence-electron chi connectivity index (χ0n) is 14.4. The van der Waals surface area contributed by atoms with Crippen LogP contribution in [0.25, 0.3) is 0 Å². The number of aryl methyl sites for hydroxylation is 1. The fraction of sp³-hybridized carbons (Fsp3) is 0.647. The van der Waals surface area contributed by atoms with Crippen LogP contribution < -0.4 is 0 Å². The number of aromatic nitrogens is 1. The van der Waals surface area contributed by atoms with E-state index in [1.165, 1.54) is 18.9 Å². The molecule has 124 valence electrons. The molecule has 0 radical (unpaired) electrons. The number of hydrogen-bond acceptors (Lipinski definition) is 4. The molecule has 0 saturated carbocycles. The van der Waals surface area contributed by atoms with E-state index in [0.29, 0.717) is 11.7 Å². The van der Waals surface area contributed by atoms with Crippen molar-refractivity contribution in [3.8, 4) is 0 Å². The van der Waals surface area contributed by atoms with Crippen molar-refractivity contribution >= 4 is 23.5 Å². The highest BCUT2D eigenvalue weighted by Gasteiger charge is 2.19. The van der Waals surface area contributed by atoms with E-state index in [0.717, 1.165) is 29.9 Å². The van der Waals surface area contributed by atoms with Crippen LogP contribution in [0.4, 0.5) is 0 Å². The second-order valence-electron chi connectivity index (χ2n) is 6.02. The minimum Gasteiger partial charge on any atom is -0.468 e. The van der Waals surface area contributed by atoms with Gasteiger partial charge in [0, 0.05) is 23.5 Å². The molecule has 1 heterocycles. The van der Waals surface area contributed by atoms with E-state index >= 15 is 0 Å². The van der Waals surface area contributed by atoms with Gasteiger partial charge in [-0.2, -0.15) is 0 Å². The van der Waals surface area contributed by atoms with Crippen LogP contribution in [-0.2, 0) is 16.1 Å². The molecule has 0 aromatic carbocycles. The summed E-state index contributed by atoms with van der Waals surface area (Å²) in [6, 6.07) is 1.96. The van der Waals surface area contributed by atoms with Crippen LogP contribution in [0, 0.1) is 19.8 Å². The van der Waals surface area contributed by atoms with Crippen molar-refractivity contribution in [2.75, 3.05) is 12.9 Å². The maximum Gasteiger partial charge on any atom is 0.318 e. The Kier molecular flexibility index (Phi) is 7.20. The number of esters is 1. The number of Topliss-reactive ketones (excluding diaryl/α,β-unsaturated/α-hetero) is 1. The molecule has 0 bridgehead atoms. The predicted molar refractivity (Wildman–Crippen MR) is 91.6 cm³/mol. The standard InChI is InChI=1S/C17H27NO3S/c1-11(2)7-8-18-12(3)9-15(13(18)4)16(19)10-22-14(5)17(20)21-6/h9,11,14H,7-8,10H2,1-6H3. The number of nitrogens with zero attached hydrogens (tertiary/aromatic N) is 1. The molecule has 0 saturated heterocycles. The lowest BCUT2D eigenvalue weighted by Gasteiger charge is -2.11. The molecule has 0 spiro atoms. The third-order valence-corrected chi connectivity index (χ3v) is 4.92. The number of rotatable bonds is 8. The average Bonchev–Trinajstić information content (AvgIpc) is 2.76. The first-order valence-corrected chi connectivity index (χ1v) is 8.72. The Morgan fingerprint density at radius 2 is 1.91 bits per heavy atom. The summed E-state index contributed by atoms with van der Waals surface area (Å²) in [6.45, 7) is 11.1. The number of carbonyl (C=O) groups is 2. The van der Waals surface area contributed by atoms with Gasteiger partial charge in [0.25, 0.3) is 0 Å². The molecule has 0 aliphatic heterocycles. The van der Waals surface area contributed by atoms with Gasteiger partial charge in [0.15, 0.2) is 5.78 Å². The summed E-state index contributed by atoms with van der Waals surface area (Å²) in [5.74, 6) is 0.715. The number of ketones is 1. The first kappa shape index (κ1) is 18.8. The van der Waals surface area contributed by atoms with Gasteiger partial charge in [0.2, 0.25) is 0 Å². The van der Waals surface area contributed by atoms with E-state index in [4.69, 9.17) is 0 Å². The molecule has 1 rings (SSSR count). The third-order valence-electron chi connectivity index (χ3n) is 3.80. The van der Waals surface area contributed by atoms with Crippen LogP contribution in [0.5, 0.6) is 0 Å². The van der Waals surface area contributed by atoms with Gasteiger partial charge < -0.3 is 9.30 Å². The number of carbonyl (C=O) groups excluding carboxylic acids is 2. The second kappa shape index (κ2) is 8.42. The number of ether oxygens (including phenoxy) is 1. The Bertz CT molecular complexity index is 534. The van der Waals surface area contributed by atoms with E-state index in [2.05, 4.69) is 23.2 Å². The van der Waals surface area contributed by atoms with Gasteiger partial charge in [-0.05, 0) is 39.2 Å². The van der Waals surface area contributed by atoms with Gasteiger partial charge in [-0.15, -0.1) is 11.8 Å². The number of hydrogen-bond donors (Lipinski definition) is 0. The second-order valence-corrected chi connectivity index (χ2v) is 7.35. The molecule has 22 heavy (non-hydrogen) atoms. The summed E-state index contributed by atoms with van der Waals surface area (Å²) in [4.78, 5) is 23.8. The summed E-state index contributed by atoms with van der Waals surface area (Å²) < 4.78 is 6.89. The molecule has 4 nitrogen and oxygen atoms in total. The maximum atomic E-state index is 12.4. The van der Waals surface area contributed by atoms with Crippen LogP contribution in [-0.4, -0.2) is 34.4 Å². The van der Waals surface area contributed by atoms with Gasteiger partial charge in [-0.3, -0.25) is 9.59 Å². The Labute approximate surface area is 137 Å². The molecular formula is C17H27NO3S. The zero-order valence-corrected chi connectivity index (χ0v) is 15.3. The summed E-state index contributed by atoms with van der Waals surface area (Å²) >= 11 is 1.32. The first-order valence-electron chi connectivity index (χ1n) is 7.67. The lowest BCUT2D eigenvalue weighted by Crippen LogP contribution is -2.17. The minimum absolute atomic E-state index is 0.0738. The van der Waals surface area contributed by atoms with E-state index in [1.54, 1.807) is 6.92 Å². The van der Waals surface area contributed by atoms with Crippen molar-refractivity contribution in [3.63, 3.8) is 0 Å². The summed E-state index contributed by atoms with van der Waals surface area (Å²) in [5.41, 5.74) is 2.91. The van der Waals surface area contributed by atoms with Crippen molar-refractivity contribution in [1.82, 2.24) is 4.57 Å². The Morgan fingerprint density at radius 3 is 2.45 bits per heavy atom. The summed E-state index contributed by atoms with van der Waals surface area (Å²) in [5, 5.41) is -0.321. The van der Waals surface area contributed by atoms with Crippen molar-refractivity contribution in [1.29, 1.82) is 0 Å². The molecule has 1 atom stereocenters. The summed E-state index contributed by atoms with van der Waals surface area (Å²) in [6.07, 6.45) is 1.10. The van der Waals surface area contributed by atoms with Crippen LogP contribution in [0.1, 0.15) is 48.9 Å². The normalized spacial score (nSPS) is 12.5. The number of methoxy groups -OCH3 is 1. The SMILES string of the molecule is COC(=O)C(C)SCC(=O)c1cc(C)n(CCC(C)C)c1C. The molecule has 0 amide bonds. The monoisotopic (exact) mass is 325 g/mol. The molecule has 0 N–H and O–H groups in total. The fourth-order valence-electron chi connectivity index (χ4n) is 2.33. The van der Waals surface area contributed by atoms with Gasteiger partial charge >= 0.3 is 5.97 Å². The van der Waals surface area contributed by atoms with Crippen LogP contribution in [0.15, 0.2) is 6.07 Å². The largest absolute Gasteiger partial charge is 0.468 e. The van der Waals surface area contributed by atoms with Crippen LogP contribution in [0.3, 0.4) is 0 Å². The third kappa shape index (κ3) is 4.90. The Morgan fingerprint density at radius 1 is 1.27 bits per heavy atom. The highest BCUT2D eigenvalue weighted by Crippen LogP contribution is 2.20. The van der Waals surface area contributed by atoms with Crippen LogP contribution >= 0.6 is 11.8 Å². The van der Waals surface area contributed by atoms with Gasteiger partial charge in [-0.1, -0.05) is 13.8 Å². The molecule has 1 aromatic rings.